The molecule has 0 aliphatic rings. The van der Waals surface area contributed by atoms with Crippen LogP contribution in [0.2, 0.25) is 5.02 Å². The van der Waals surface area contributed by atoms with Crippen LogP contribution in [0, 0.1) is 17.7 Å². The van der Waals surface area contributed by atoms with Crippen LogP contribution in [0.3, 0.4) is 0 Å². The van der Waals surface area contributed by atoms with Gasteiger partial charge < -0.3 is 5.32 Å². The molecule has 3 atom stereocenters. The monoisotopic (exact) mass is 396 g/mol. The van der Waals surface area contributed by atoms with Gasteiger partial charge in [0.2, 0.25) is 0 Å². The van der Waals surface area contributed by atoms with E-state index in [0.29, 0.717) is 11.8 Å². The van der Waals surface area contributed by atoms with Gasteiger partial charge in [0.1, 0.15) is 5.82 Å². The highest BCUT2D eigenvalue weighted by atomic mass is 35.5. The molecule has 0 saturated heterocycles. The summed E-state index contributed by atoms with van der Waals surface area (Å²) in [7, 11) is 1.94. The van der Waals surface area contributed by atoms with E-state index in [2.05, 4.69) is 56.3 Å². The van der Waals surface area contributed by atoms with Crippen molar-refractivity contribution in [1.82, 2.24) is 5.01 Å². The number of allylic oxidation sites excluding steroid dienone is 1. The minimum Gasteiger partial charge on any atom is -0.378 e. The SMILES string of the molecule is C/C=C(\C)C(CCN(C)N=N[C@@H](C)[C@@H](C)C(C)C)Nc1ccc(F)c(Cl)c1. The third-order valence-corrected chi connectivity index (χ3v) is 5.50. The van der Waals surface area contributed by atoms with E-state index in [9.17, 15) is 4.39 Å². The summed E-state index contributed by atoms with van der Waals surface area (Å²) in [5, 5.41) is 14.2. The fourth-order valence-electron chi connectivity index (χ4n) is 2.59. The van der Waals surface area contributed by atoms with Crippen molar-refractivity contribution in [2.75, 3.05) is 18.9 Å². The van der Waals surface area contributed by atoms with E-state index < -0.39 is 5.82 Å². The van der Waals surface area contributed by atoms with E-state index >= 15 is 0 Å². The lowest BCUT2D eigenvalue weighted by molar-refractivity contribution is 0.286. The number of anilines is 1. The molecule has 4 nitrogen and oxygen atoms in total. The summed E-state index contributed by atoms with van der Waals surface area (Å²) in [5.74, 6) is 0.661. The molecule has 1 unspecified atom stereocenters. The third-order valence-electron chi connectivity index (χ3n) is 5.21. The van der Waals surface area contributed by atoms with Crippen LogP contribution in [-0.4, -0.2) is 30.7 Å². The van der Waals surface area contributed by atoms with Crippen molar-refractivity contribution in [3.63, 3.8) is 0 Å². The Kier molecular flexibility index (Phi) is 9.78. The van der Waals surface area contributed by atoms with E-state index in [0.717, 1.165) is 18.7 Å². The van der Waals surface area contributed by atoms with E-state index in [1.54, 1.807) is 12.1 Å². The van der Waals surface area contributed by atoms with Crippen LogP contribution in [-0.2, 0) is 0 Å². The zero-order valence-corrected chi connectivity index (χ0v) is 18.4. The highest BCUT2D eigenvalue weighted by Crippen LogP contribution is 2.22. The Hall–Kier alpha value is -1.62. The van der Waals surface area contributed by atoms with Crippen molar-refractivity contribution < 1.29 is 4.39 Å². The van der Waals surface area contributed by atoms with Crippen molar-refractivity contribution in [2.45, 2.75) is 60.0 Å². The molecule has 1 N–H and O–H groups in total. The highest BCUT2D eigenvalue weighted by molar-refractivity contribution is 6.31. The van der Waals surface area contributed by atoms with Crippen LogP contribution in [0.4, 0.5) is 10.1 Å². The predicted octanol–water partition coefficient (Wildman–Crippen LogP) is 6.60. The molecule has 0 bridgehead atoms. The molecule has 0 amide bonds. The first kappa shape index (κ1) is 23.4. The molecule has 0 saturated carbocycles. The average molecular weight is 397 g/mol. The van der Waals surface area contributed by atoms with Gasteiger partial charge in [-0.3, -0.25) is 5.01 Å². The maximum atomic E-state index is 13.4. The summed E-state index contributed by atoms with van der Waals surface area (Å²) in [6.45, 7) is 13.6. The average Bonchev–Trinajstić information content (AvgIpc) is 2.64. The van der Waals surface area contributed by atoms with E-state index in [-0.39, 0.29) is 17.1 Å². The minimum absolute atomic E-state index is 0.112. The van der Waals surface area contributed by atoms with Gasteiger partial charge in [0.25, 0.3) is 0 Å². The molecule has 0 aliphatic heterocycles. The molecule has 152 valence electrons. The Bertz CT molecular complexity index is 645. The Morgan fingerprint density at radius 2 is 1.96 bits per heavy atom. The third kappa shape index (κ3) is 7.87. The Balaban J connectivity index is 2.68. The second-order valence-electron chi connectivity index (χ2n) is 7.58. The molecule has 0 aromatic heterocycles. The van der Waals surface area contributed by atoms with Gasteiger partial charge in [0.05, 0.1) is 11.1 Å². The molecule has 0 radical (unpaired) electrons. The summed E-state index contributed by atoms with van der Waals surface area (Å²) in [6, 6.07) is 5.01. The lowest BCUT2D eigenvalue weighted by Gasteiger charge is -2.23. The van der Waals surface area contributed by atoms with Gasteiger partial charge >= 0.3 is 0 Å². The van der Waals surface area contributed by atoms with Crippen LogP contribution in [0.5, 0.6) is 0 Å². The Morgan fingerprint density at radius 1 is 1.30 bits per heavy atom. The molecular formula is C21H34ClFN4. The maximum Gasteiger partial charge on any atom is 0.141 e. The maximum absolute atomic E-state index is 13.4. The first-order valence-electron chi connectivity index (χ1n) is 9.62. The normalized spacial score (nSPS) is 15.9. The summed E-state index contributed by atoms with van der Waals surface area (Å²) < 4.78 is 13.4. The number of nitrogens with zero attached hydrogens (tertiary/aromatic N) is 3. The molecule has 1 aromatic rings. The molecule has 1 aromatic carbocycles. The smallest absolute Gasteiger partial charge is 0.141 e. The first-order chi connectivity index (χ1) is 12.6. The number of hydrogen-bond donors (Lipinski definition) is 1. The predicted molar refractivity (Wildman–Crippen MR) is 114 cm³/mol. The second kappa shape index (κ2) is 11.3. The second-order valence-corrected chi connectivity index (χ2v) is 7.98. The summed E-state index contributed by atoms with van der Waals surface area (Å²) in [6.07, 6.45) is 2.92. The number of benzene rings is 1. The van der Waals surface area contributed by atoms with Gasteiger partial charge in [-0.25, -0.2) is 4.39 Å². The fraction of sp³-hybridized carbons (Fsp3) is 0.619. The molecule has 6 heteroatoms. The van der Waals surface area contributed by atoms with E-state index in [4.69, 9.17) is 11.6 Å². The summed E-state index contributed by atoms with van der Waals surface area (Å²) >= 11 is 5.89. The van der Waals surface area contributed by atoms with Crippen molar-refractivity contribution >= 4 is 17.3 Å². The van der Waals surface area contributed by atoms with Gasteiger partial charge in [-0.2, -0.15) is 5.11 Å². The van der Waals surface area contributed by atoms with Gasteiger partial charge in [0, 0.05) is 25.3 Å². The number of halogens is 2. The van der Waals surface area contributed by atoms with Gasteiger partial charge in [-0.1, -0.05) is 49.2 Å². The fourth-order valence-corrected chi connectivity index (χ4v) is 2.77. The summed E-state index contributed by atoms with van der Waals surface area (Å²) in [5.41, 5.74) is 2.01. The van der Waals surface area contributed by atoms with Crippen LogP contribution in [0.1, 0.15) is 48.0 Å². The molecule has 27 heavy (non-hydrogen) atoms. The van der Waals surface area contributed by atoms with Gasteiger partial charge in [-0.15, -0.1) is 0 Å². The van der Waals surface area contributed by atoms with Crippen LogP contribution in [0.15, 0.2) is 40.2 Å². The molecule has 1 rings (SSSR count). The van der Waals surface area contributed by atoms with E-state index in [1.807, 2.05) is 19.0 Å². The van der Waals surface area contributed by atoms with Gasteiger partial charge in [-0.05, 0) is 57.2 Å². The first-order valence-corrected chi connectivity index (χ1v) is 9.99. The lowest BCUT2D eigenvalue weighted by Crippen LogP contribution is -2.26. The number of rotatable bonds is 10. The standard InChI is InChI=1S/C21H34ClFN4/c1-8-15(4)21(24-18-9-10-20(23)19(22)13-18)11-12-27(7)26-25-17(6)16(5)14(2)3/h8-10,13-14,16-17,21,24H,11-12H2,1-7H3/b15-8+,26-25?/t16-,17-,21?/m0/s1. The quantitative estimate of drug-likeness (QED) is 0.275. The van der Waals surface area contributed by atoms with Crippen molar-refractivity contribution in [2.24, 2.45) is 22.2 Å². The highest BCUT2D eigenvalue weighted by Gasteiger charge is 2.16. The molecule has 0 spiro atoms. The number of hydrogen-bond acceptors (Lipinski definition) is 3. The molecular weight excluding hydrogens is 363 g/mol. The zero-order valence-electron chi connectivity index (χ0n) is 17.6. The van der Waals surface area contributed by atoms with Gasteiger partial charge in [0.15, 0.2) is 0 Å². The molecule has 0 aliphatic carbocycles. The largest absolute Gasteiger partial charge is 0.378 e. The van der Waals surface area contributed by atoms with Crippen LogP contribution in [0.25, 0.3) is 0 Å². The molecule has 0 heterocycles. The van der Waals surface area contributed by atoms with Crippen molar-refractivity contribution in [3.8, 4) is 0 Å². The molecule has 0 fully saturated rings. The van der Waals surface area contributed by atoms with Crippen molar-refractivity contribution in [1.29, 1.82) is 0 Å². The lowest BCUT2D eigenvalue weighted by atomic mass is 9.92. The number of nitrogens with one attached hydrogen (secondary N) is 1. The minimum atomic E-state index is -0.411. The Labute approximate surface area is 168 Å². The topological polar surface area (TPSA) is 40.0 Å². The summed E-state index contributed by atoms with van der Waals surface area (Å²) in [4.78, 5) is 0. The van der Waals surface area contributed by atoms with Crippen molar-refractivity contribution in [3.05, 3.63) is 40.7 Å². The van der Waals surface area contributed by atoms with E-state index in [1.165, 1.54) is 11.6 Å². The van der Waals surface area contributed by atoms with Crippen LogP contribution < -0.4 is 5.32 Å². The van der Waals surface area contributed by atoms with Crippen LogP contribution >= 0.6 is 11.6 Å². The Morgan fingerprint density at radius 3 is 2.52 bits per heavy atom. The zero-order chi connectivity index (χ0) is 20.6.